The Morgan fingerprint density at radius 1 is 1.04 bits per heavy atom. The third-order valence-electron chi connectivity index (χ3n) is 5.86. The maximum absolute atomic E-state index is 8.81. The molecule has 3 saturated carbocycles. The van der Waals surface area contributed by atoms with E-state index in [0.717, 1.165) is 5.89 Å². The number of thiol groups is 1. The van der Waals surface area contributed by atoms with Gasteiger partial charge in [0.1, 0.15) is 5.76 Å². The summed E-state index contributed by atoms with van der Waals surface area (Å²) in [5.41, 5.74) is 3.00. The molecule has 0 aliphatic heterocycles. The molecule has 0 spiro atoms. The quantitative estimate of drug-likeness (QED) is 0.797. The van der Waals surface area contributed by atoms with Crippen LogP contribution in [0.25, 0.3) is 0 Å². The van der Waals surface area contributed by atoms with Gasteiger partial charge in [-0.2, -0.15) is 0 Å². The van der Waals surface area contributed by atoms with E-state index in [1.807, 2.05) is 0 Å². The number of oxazole rings is 1. The van der Waals surface area contributed by atoms with Crippen LogP contribution in [-0.4, -0.2) is 13.4 Å². The van der Waals surface area contributed by atoms with E-state index in [1.54, 1.807) is 0 Å². The molecule has 0 bridgehead atoms. The van der Waals surface area contributed by atoms with Crippen molar-refractivity contribution in [1.82, 2.24) is 4.98 Å². The summed E-state index contributed by atoms with van der Waals surface area (Å²) in [4.78, 5) is 5.00. The molecule has 140 valence electrons. The summed E-state index contributed by atoms with van der Waals surface area (Å²) in [5, 5.41) is 4.06. The summed E-state index contributed by atoms with van der Waals surface area (Å²) in [7, 11) is -2.62. The topological polar surface area (TPSA) is 86.2 Å². The average molecular weight is 375 g/mol. The van der Waals surface area contributed by atoms with Crippen LogP contribution in [0.5, 0.6) is 0 Å². The molecule has 1 aromatic heterocycles. The van der Waals surface area contributed by atoms with Crippen molar-refractivity contribution in [2.45, 2.75) is 63.2 Å². The molecule has 6 heteroatoms. The molecule has 0 radical (unpaired) electrons. The van der Waals surface area contributed by atoms with E-state index in [9.17, 15) is 0 Å². The summed E-state index contributed by atoms with van der Waals surface area (Å²) in [6.07, 6.45) is 5.21. The molecule has 1 aromatic carbocycles. The van der Waals surface area contributed by atoms with Gasteiger partial charge in [0, 0.05) is 23.7 Å². The molecule has 2 atom stereocenters. The highest BCUT2D eigenvalue weighted by molar-refractivity contribution is 7.69. The number of nitrogens with two attached hydrogens (primary N) is 1. The van der Waals surface area contributed by atoms with Crippen LogP contribution in [0.4, 0.5) is 0 Å². The van der Waals surface area contributed by atoms with Crippen LogP contribution in [0.3, 0.4) is 0 Å². The zero-order chi connectivity index (χ0) is 18.5. The van der Waals surface area contributed by atoms with Crippen LogP contribution in [-0.2, 0) is 10.9 Å². The van der Waals surface area contributed by atoms with Gasteiger partial charge in [-0.1, -0.05) is 44.2 Å². The van der Waals surface area contributed by atoms with Gasteiger partial charge in [0.15, 0.2) is 16.8 Å². The third-order valence-corrected chi connectivity index (χ3v) is 5.86. The molecule has 5 rings (SSSR count). The Bertz CT molecular complexity index is 827. The summed E-state index contributed by atoms with van der Waals surface area (Å²) in [6.45, 7) is 4.71. The number of aromatic nitrogens is 1. The maximum Gasteiger partial charge on any atom is 0.198 e. The molecule has 3 aliphatic rings. The second-order valence-electron chi connectivity index (χ2n) is 8.32. The average Bonchev–Trinajstić information content (AvgIpc) is 3.48. The predicted octanol–water partition coefficient (Wildman–Crippen LogP) is 3.81. The Balaban J connectivity index is 0.000000385. The zero-order valence-corrected chi connectivity index (χ0v) is 16.1. The van der Waals surface area contributed by atoms with Crippen molar-refractivity contribution < 1.29 is 12.8 Å². The number of hydrogen-bond acceptors (Lipinski definition) is 4. The Kier molecular flexibility index (Phi) is 4.43. The minimum atomic E-state index is -2.62. The SMILES string of the molecule is CC1(C)[C@H](c2ccccc2)[C@H]1c1nc(C2CC2)c(C2CC2)o1.N[SH](=O)=O. The van der Waals surface area contributed by atoms with Gasteiger partial charge >= 0.3 is 0 Å². The normalized spacial score (nSPS) is 26.3. The minimum Gasteiger partial charge on any atom is -0.445 e. The van der Waals surface area contributed by atoms with Crippen molar-refractivity contribution in [1.29, 1.82) is 0 Å². The molecule has 1 heterocycles. The lowest BCUT2D eigenvalue weighted by molar-refractivity contribution is 0.436. The van der Waals surface area contributed by atoms with Crippen molar-refractivity contribution >= 4 is 10.9 Å². The fraction of sp³-hybridized carbons (Fsp3) is 0.550. The fourth-order valence-electron chi connectivity index (χ4n) is 4.16. The highest BCUT2D eigenvalue weighted by Gasteiger charge is 2.62. The fourth-order valence-corrected chi connectivity index (χ4v) is 4.16. The van der Waals surface area contributed by atoms with E-state index in [-0.39, 0.29) is 5.41 Å². The largest absolute Gasteiger partial charge is 0.445 e. The van der Waals surface area contributed by atoms with Crippen LogP contribution in [0.15, 0.2) is 34.7 Å². The number of benzene rings is 1. The second-order valence-corrected chi connectivity index (χ2v) is 8.89. The lowest BCUT2D eigenvalue weighted by atomic mass is 10.0. The van der Waals surface area contributed by atoms with E-state index in [0.29, 0.717) is 23.7 Å². The van der Waals surface area contributed by atoms with E-state index >= 15 is 0 Å². The molecular formula is C20H26N2O3S. The molecule has 5 nitrogen and oxygen atoms in total. The summed E-state index contributed by atoms with van der Waals surface area (Å²) in [6, 6.07) is 10.9. The number of hydrogen-bond donors (Lipinski definition) is 2. The van der Waals surface area contributed by atoms with Gasteiger partial charge in [-0.25, -0.2) is 18.5 Å². The van der Waals surface area contributed by atoms with E-state index in [1.165, 1.54) is 42.7 Å². The highest BCUT2D eigenvalue weighted by atomic mass is 32.2. The van der Waals surface area contributed by atoms with E-state index < -0.39 is 10.9 Å². The highest BCUT2D eigenvalue weighted by Crippen LogP contribution is 2.70. The van der Waals surface area contributed by atoms with Gasteiger partial charge in [0.05, 0.1) is 5.69 Å². The van der Waals surface area contributed by atoms with Gasteiger partial charge in [0.25, 0.3) is 0 Å². The Morgan fingerprint density at radius 2 is 1.62 bits per heavy atom. The first-order valence-corrected chi connectivity index (χ1v) is 10.6. The van der Waals surface area contributed by atoms with Crippen LogP contribution in [0, 0.1) is 5.41 Å². The number of nitrogens with zero attached hydrogens (tertiary/aromatic N) is 1. The molecule has 3 fully saturated rings. The van der Waals surface area contributed by atoms with Crippen molar-refractivity contribution in [3.05, 3.63) is 53.2 Å². The van der Waals surface area contributed by atoms with Crippen molar-refractivity contribution in [3.63, 3.8) is 0 Å². The van der Waals surface area contributed by atoms with E-state index in [2.05, 4.69) is 49.3 Å². The third kappa shape index (κ3) is 3.45. The predicted molar refractivity (Wildman–Crippen MR) is 101 cm³/mol. The molecular weight excluding hydrogens is 348 g/mol. The smallest absolute Gasteiger partial charge is 0.198 e. The van der Waals surface area contributed by atoms with Crippen LogP contribution in [0.2, 0.25) is 0 Å². The Hall–Kier alpha value is -1.66. The lowest BCUT2D eigenvalue weighted by Crippen LogP contribution is -1.91. The first-order chi connectivity index (χ1) is 12.4. The van der Waals surface area contributed by atoms with Crippen LogP contribution >= 0.6 is 0 Å². The van der Waals surface area contributed by atoms with Gasteiger partial charge in [0.2, 0.25) is 0 Å². The minimum absolute atomic E-state index is 0.258. The Morgan fingerprint density at radius 3 is 2.15 bits per heavy atom. The maximum atomic E-state index is 8.81. The number of rotatable bonds is 4. The molecule has 26 heavy (non-hydrogen) atoms. The lowest BCUT2D eigenvalue weighted by Gasteiger charge is -2.01. The molecule has 2 N–H and O–H groups in total. The van der Waals surface area contributed by atoms with Crippen LogP contribution in [0.1, 0.15) is 86.1 Å². The molecule has 3 aliphatic carbocycles. The summed E-state index contributed by atoms with van der Waals surface area (Å²) >= 11 is 0. The van der Waals surface area contributed by atoms with Gasteiger partial charge < -0.3 is 4.42 Å². The second kappa shape index (κ2) is 6.50. The molecule has 0 amide bonds. The Labute approximate surface area is 156 Å². The van der Waals surface area contributed by atoms with Gasteiger partial charge in [-0.3, -0.25) is 0 Å². The molecule has 2 aromatic rings. The van der Waals surface area contributed by atoms with Crippen molar-refractivity contribution in [2.75, 3.05) is 0 Å². The monoisotopic (exact) mass is 374 g/mol. The van der Waals surface area contributed by atoms with Crippen molar-refractivity contribution in [2.24, 2.45) is 10.6 Å². The first-order valence-electron chi connectivity index (χ1n) is 9.34. The summed E-state index contributed by atoms with van der Waals surface area (Å²) in [5.74, 6) is 4.63. The van der Waals surface area contributed by atoms with Crippen molar-refractivity contribution in [3.8, 4) is 0 Å². The van der Waals surface area contributed by atoms with E-state index in [4.69, 9.17) is 17.8 Å². The summed E-state index contributed by atoms with van der Waals surface area (Å²) < 4.78 is 24.0. The van der Waals surface area contributed by atoms with Gasteiger partial charge in [-0.15, -0.1) is 0 Å². The molecule has 0 unspecified atom stereocenters. The standard InChI is InChI=1S/C20H23NO.H3NO2S/c1-20(2)15(12-6-4-3-5-7-12)16(20)19-21-17(13-8-9-13)18(22-19)14-10-11-14;1-4(2)3/h3-7,13-16H,8-11H2,1-2H3;4H,(H2,1,2,3)/t15-,16+;/m1./s1. The molecule has 0 saturated heterocycles. The first kappa shape index (κ1) is 17.7. The zero-order valence-electron chi connectivity index (χ0n) is 15.2. The van der Waals surface area contributed by atoms with Crippen LogP contribution < -0.4 is 5.14 Å². The van der Waals surface area contributed by atoms with Gasteiger partial charge in [-0.05, 0) is 36.7 Å².